The Morgan fingerprint density at radius 1 is 1.11 bits per heavy atom. The van der Waals surface area contributed by atoms with E-state index in [1.165, 1.54) is 19.5 Å². The number of nitrogens with one attached hydrogen (secondary N) is 2. The Morgan fingerprint density at radius 2 is 1.89 bits per heavy atom. The van der Waals surface area contributed by atoms with Crippen LogP contribution in [0.1, 0.15) is 10.4 Å². The highest BCUT2D eigenvalue weighted by Gasteiger charge is 2.07. The Kier molecular flexibility index (Phi) is 3.94. The molecule has 2 aromatic rings. The van der Waals surface area contributed by atoms with Gasteiger partial charge in [-0.2, -0.15) is 0 Å². The molecule has 0 heterocycles. The Bertz CT molecular complexity index is 574. The van der Waals surface area contributed by atoms with Gasteiger partial charge in [0, 0.05) is 18.0 Å². The number of hydroxylamine groups is 1. The van der Waals surface area contributed by atoms with Gasteiger partial charge >= 0.3 is 0 Å². The van der Waals surface area contributed by atoms with Crippen LogP contribution in [0.15, 0.2) is 54.9 Å². The van der Waals surface area contributed by atoms with E-state index in [2.05, 4.69) is 15.6 Å². The van der Waals surface area contributed by atoms with E-state index in [4.69, 9.17) is 0 Å². The first-order valence-electron chi connectivity index (χ1n) is 5.55. The summed E-state index contributed by atoms with van der Waals surface area (Å²) in [6.45, 7) is 0. The fraction of sp³-hybridized carbons (Fsp3) is 0.0714. The molecule has 2 N–H and O–H groups in total. The van der Waals surface area contributed by atoms with Crippen molar-refractivity contribution in [3.63, 3.8) is 0 Å². The van der Waals surface area contributed by atoms with Crippen LogP contribution >= 0.6 is 0 Å². The Morgan fingerprint density at radius 3 is 2.72 bits per heavy atom. The molecule has 0 spiro atoms. The molecule has 18 heavy (non-hydrogen) atoms. The van der Waals surface area contributed by atoms with Crippen molar-refractivity contribution < 1.29 is 9.63 Å². The highest BCUT2D eigenvalue weighted by molar-refractivity contribution is 6.07. The first kappa shape index (κ1) is 12.1. The van der Waals surface area contributed by atoms with Crippen molar-refractivity contribution in [2.75, 3.05) is 7.11 Å². The first-order chi connectivity index (χ1) is 8.83. The Balaban J connectivity index is 2.22. The van der Waals surface area contributed by atoms with E-state index in [0.29, 0.717) is 5.56 Å². The van der Waals surface area contributed by atoms with Gasteiger partial charge in [0.1, 0.15) is 0 Å². The summed E-state index contributed by atoms with van der Waals surface area (Å²) in [5.41, 5.74) is 3.15. The molecular weight excluding hydrogens is 228 g/mol. The molecule has 92 valence electrons. The van der Waals surface area contributed by atoms with Crippen molar-refractivity contribution in [2.24, 2.45) is 0 Å². The molecule has 4 heteroatoms. The van der Waals surface area contributed by atoms with E-state index in [1.54, 1.807) is 6.07 Å². The van der Waals surface area contributed by atoms with Crippen LogP contribution < -0.4 is 10.8 Å². The molecule has 0 fully saturated rings. The summed E-state index contributed by atoms with van der Waals surface area (Å²) in [7, 11) is 1.50. The second kappa shape index (κ2) is 5.84. The second-order valence-electron chi connectivity index (χ2n) is 3.66. The lowest BCUT2D eigenvalue weighted by Crippen LogP contribution is -2.18. The molecule has 0 aliphatic rings. The van der Waals surface area contributed by atoms with Gasteiger partial charge in [-0.25, -0.2) is 0 Å². The number of amides is 1. The summed E-state index contributed by atoms with van der Waals surface area (Å²) in [5, 5.41) is 4.65. The average molecular weight is 242 g/mol. The predicted octanol–water partition coefficient (Wildman–Crippen LogP) is 2.19. The normalized spacial score (nSPS) is 10.7. The van der Waals surface area contributed by atoms with Gasteiger partial charge in [0.05, 0.1) is 7.11 Å². The Hall–Kier alpha value is -2.33. The van der Waals surface area contributed by atoms with Crippen LogP contribution in [0.4, 0.5) is 0 Å². The number of hydrogen-bond donors (Lipinski definition) is 2. The van der Waals surface area contributed by atoms with Crippen LogP contribution in [-0.2, 0) is 4.84 Å². The first-order valence-corrected chi connectivity index (χ1v) is 5.55. The van der Waals surface area contributed by atoms with Crippen LogP contribution in [0, 0.1) is 0 Å². The van der Waals surface area contributed by atoms with Gasteiger partial charge in [0.15, 0.2) is 0 Å². The molecular formula is C14H14N2O2. The molecule has 4 nitrogen and oxygen atoms in total. The topological polar surface area (TPSA) is 50.4 Å². The summed E-state index contributed by atoms with van der Waals surface area (Å²) in [6, 6.07) is 13.4. The third-order valence-electron chi connectivity index (χ3n) is 2.52. The largest absolute Gasteiger partial charge is 0.327 e. The van der Waals surface area contributed by atoms with Crippen LogP contribution in [0.3, 0.4) is 0 Å². The van der Waals surface area contributed by atoms with Gasteiger partial charge in [0.25, 0.3) is 5.91 Å². The van der Waals surface area contributed by atoms with Crippen molar-refractivity contribution >= 4 is 16.7 Å². The lowest BCUT2D eigenvalue weighted by molar-refractivity contribution is 0.0969. The lowest BCUT2D eigenvalue weighted by atomic mass is 10.0. The fourth-order valence-corrected chi connectivity index (χ4v) is 1.72. The van der Waals surface area contributed by atoms with Crippen LogP contribution in [0.25, 0.3) is 10.8 Å². The zero-order valence-electron chi connectivity index (χ0n) is 10.0. The third kappa shape index (κ3) is 2.67. The molecule has 0 bridgehead atoms. The number of carbonyl (C=O) groups excluding carboxylic acids is 1. The molecule has 0 radical (unpaired) electrons. The number of rotatable bonds is 4. The monoisotopic (exact) mass is 242 g/mol. The maximum atomic E-state index is 12.0. The third-order valence-corrected chi connectivity index (χ3v) is 2.52. The molecule has 0 atom stereocenters. The minimum atomic E-state index is -0.152. The summed E-state index contributed by atoms with van der Waals surface area (Å²) in [6.07, 6.45) is 3.00. The Labute approximate surface area is 105 Å². The smallest absolute Gasteiger partial charge is 0.255 e. The zero-order chi connectivity index (χ0) is 12.8. The van der Waals surface area contributed by atoms with E-state index >= 15 is 0 Å². The molecule has 1 amide bonds. The van der Waals surface area contributed by atoms with Crippen LogP contribution in [0.5, 0.6) is 0 Å². The van der Waals surface area contributed by atoms with Crippen molar-refractivity contribution in [1.29, 1.82) is 0 Å². The molecule has 0 saturated carbocycles. The summed E-state index contributed by atoms with van der Waals surface area (Å²) in [4.78, 5) is 16.6. The van der Waals surface area contributed by atoms with Gasteiger partial charge in [-0.15, -0.1) is 0 Å². The van der Waals surface area contributed by atoms with Gasteiger partial charge in [-0.05, 0) is 16.8 Å². The van der Waals surface area contributed by atoms with E-state index in [-0.39, 0.29) is 5.91 Å². The summed E-state index contributed by atoms with van der Waals surface area (Å²) >= 11 is 0. The average Bonchev–Trinajstić information content (AvgIpc) is 2.43. The minimum Gasteiger partial charge on any atom is -0.327 e. The zero-order valence-corrected chi connectivity index (χ0v) is 10.0. The number of benzene rings is 2. The number of carbonyl (C=O) groups is 1. The van der Waals surface area contributed by atoms with Gasteiger partial charge in [0.2, 0.25) is 0 Å². The van der Waals surface area contributed by atoms with Crippen LogP contribution in [-0.4, -0.2) is 13.0 Å². The fourth-order valence-electron chi connectivity index (χ4n) is 1.72. The molecule has 2 aromatic carbocycles. The van der Waals surface area contributed by atoms with Crippen LogP contribution in [0.2, 0.25) is 0 Å². The molecule has 0 saturated heterocycles. The molecule has 0 aliphatic carbocycles. The predicted molar refractivity (Wildman–Crippen MR) is 70.7 cm³/mol. The van der Waals surface area contributed by atoms with Crippen molar-refractivity contribution in [3.05, 3.63) is 60.4 Å². The van der Waals surface area contributed by atoms with Gasteiger partial charge in [-0.3, -0.25) is 15.1 Å². The molecule has 0 aliphatic heterocycles. The van der Waals surface area contributed by atoms with Crippen molar-refractivity contribution in [1.82, 2.24) is 10.8 Å². The SMILES string of the molecule is CONC=CNC(=O)c1cccc2ccccc12. The molecule has 0 aromatic heterocycles. The van der Waals surface area contributed by atoms with E-state index in [1.807, 2.05) is 36.4 Å². The summed E-state index contributed by atoms with van der Waals surface area (Å²) in [5.74, 6) is -0.152. The van der Waals surface area contributed by atoms with Gasteiger partial charge < -0.3 is 5.32 Å². The van der Waals surface area contributed by atoms with E-state index < -0.39 is 0 Å². The maximum Gasteiger partial charge on any atom is 0.255 e. The van der Waals surface area contributed by atoms with Crippen molar-refractivity contribution in [3.8, 4) is 0 Å². The maximum absolute atomic E-state index is 12.0. The second-order valence-corrected chi connectivity index (χ2v) is 3.66. The number of hydrogen-bond acceptors (Lipinski definition) is 3. The van der Waals surface area contributed by atoms with Gasteiger partial charge in [-0.1, -0.05) is 36.4 Å². The quantitative estimate of drug-likeness (QED) is 0.808. The summed E-state index contributed by atoms with van der Waals surface area (Å²) < 4.78 is 0. The lowest BCUT2D eigenvalue weighted by Gasteiger charge is -2.05. The minimum absolute atomic E-state index is 0.152. The standard InChI is InChI=1S/C14H14N2O2/c1-18-16-10-9-15-14(17)13-8-4-6-11-5-2-3-7-12(11)13/h2-10,16H,1H3,(H,15,17). The highest BCUT2D eigenvalue weighted by atomic mass is 16.6. The molecule has 2 rings (SSSR count). The van der Waals surface area contributed by atoms with Crippen molar-refractivity contribution in [2.45, 2.75) is 0 Å². The van der Waals surface area contributed by atoms with E-state index in [0.717, 1.165) is 10.8 Å². The molecule has 0 unspecified atom stereocenters. The number of fused-ring (bicyclic) bond motifs is 1. The van der Waals surface area contributed by atoms with E-state index in [9.17, 15) is 4.79 Å². The highest BCUT2D eigenvalue weighted by Crippen LogP contribution is 2.18.